The Morgan fingerprint density at radius 3 is 2.74 bits per heavy atom. The molecule has 2 aliphatic rings. The molecule has 0 amide bonds. The minimum Gasteiger partial charge on any atom is -0.489 e. The second kappa shape index (κ2) is 9.07. The van der Waals surface area contributed by atoms with E-state index in [-0.39, 0.29) is 22.9 Å². The van der Waals surface area contributed by atoms with Crippen molar-refractivity contribution in [2.75, 3.05) is 7.11 Å². The summed E-state index contributed by atoms with van der Waals surface area (Å²) < 4.78 is 12.2. The molecule has 5 rings (SSSR count). The van der Waals surface area contributed by atoms with Gasteiger partial charge in [-0.25, -0.2) is 0 Å². The summed E-state index contributed by atoms with van der Waals surface area (Å²) in [6, 6.07) is 12.7. The molecule has 1 N–H and O–H groups in total. The minimum atomic E-state index is -0.677. The Labute approximate surface area is 211 Å². The van der Waals surface area contributed by atoms with Crippen LogP contribution < -0.4 is 4.74 Å². The van der Waals surface area contributed by atoms with Crippen molar-refractivity contribution < 1.29 is 19.4 Å². The second-order valence-corrected chi connectivity index (χ2v) is 11.9. The molecule has 6 heteroatoms. The lowest BCUT2D eigenvalue weighted by atomic mass is 9.78. The highest BCUT2D eigenvalue weighted by Gasteiger charge is 2.60. The van der Waals surface area contributed by atoms with Crippen LogP contribution in [0.3, 0.4) is 0 Å². The molecule has 1 saturated carbocycles. The van der Waals surface area contributed by atoms with Gasteiger partial charge in [-0.15, -0.1) is 11.3 Å². The van der Waals surface area contributed by atoms with Crippen LogP contribution in [0.2, 0.25) is 0 Å². The van der Waals surface area contributed by atoms with Crippen molar-refractivity contribution in [2.24, 2.45) is 11.3 Å². The molecule has 0 radical (unpaired) electrons. The number of aliphatic carboxylic acids is 1. The molecule has 0 unspecified atom stereocenters. The Morgan fingerprint density at radius 2 is 2.09 bits per heavy atom. The number of fused-ring (bicyclic) bond motifs is 2. The number of hydrogen-bond acceptors (Lipinski definition) is 5. The maximum atomic E-state index is 11.7. The molecule has 2 aromatic carbocycles. The number of carbonyl (C=O) groups is 1. The Bertz CT molecular complexity index is 1230. The fourth-order valence-corrected chi connectivity index (χ4v) is 6.53. The molecule has 0 saturated heterocycles. The summed E-state index contributed by atoms with van der Waals surface area (Å²) in [5.41, 5.74) is 7.39. The van der Waals surface area contributed by atoms with Crippen LogP contribution >= 0.6 is 11.3 Å². The van der Waals surface area contributed by atoms with E-state index < -0.39 is 5.97 Å². The van der Waals surface area contributed by atoms with Gasteiger partial charge in [0.2, 0.25) is 0 Å². The van der Waals surface area contributed by atoms with E-state index in [1.165, 1.54) is 11.1 Å². The maximum absolute atomic E-state index is 11.7. The van der Waals surface area contributed by atoms with Crippen LogP contribution in [0, 0.1) is 11.3 Å². The van der Waals surface area contributed by atoms with Gasteiger partial charge in [-0.1, -0.05) is 39.0 Å². The molecule has 0 aliphatic heterocycles. The highest BCUT2D eigenvalue weighted by Crippen LogP contribution is 2.60. The van der Waals surface area contributed by atoms with E-state index in [2.05, 4.69) is 56.1 Å². The summed E-state index contributed by atoms with van der Waals surface area (Å²) in [7, 11) is 1.76. The number of thiazole rings is 1. The van der Waals surface area contributed by atoms with Crippen LogP contribution in [0.5, 0.6) is 5.75 Å². The van der Waals surface area contributed by atoms with Crippen LogP contribution in [0.15, 0.2) is 48.1 Å². The molecular formula is C29H33NO4S. The average Bonchev–Trinajstić information content (AvgIpc) is 3.28. The fourth-order valence-electron chi connectivity index (χ4n) is 5.86. The van der Waals surface area contributed by atoms with Crippen LogP contribution in [0.25, 0.3) is 10.4 Å². The minimum absolute atomic E-state index is 0.0778. The predicted octanol–water partition coefficient (Wildman–Crippen LogP) is 6.80. The van der Waals surface area contributed by atoms with E-state index in [1.807, 2.05) is 17.8 Å². The summed E-state index contributed by atoms with van der Waals surface area (Å²) in [5.74, 6) is -0.139. The third-order valence-corrected chi connectivity index (χ3v) is 8.39. The second-order valence-electron chi connectivity index (χ2n) is 11.0. The summed E-state index contributed by atoms with van der Waals surface area (Å²) in [6.45, 7) is 6.99. The number of methoxy groups -OCH3 is 1. The number of hydrogen-bond donors (Lipinski definition) is 1. The van der Waals surface area contributed by atoms with Crippen molar-refractivity contribution in [3.8, 4) is 16.2 Å². The van der Waals surface area contributed by atoms with E-state index in [0.29, 0.717) is 6.61 Å². The van der Waals surface area contributed by atoms with Crippen LogP contribution in [0.1, 0.15) is 68.4 Å². The lowest BCUT2D eigenvalue weighted by molar-refractivity contribution is -0.139. The molecule has 0 bridgehead atoms. The number of rotatable bonds is 7. The lowest BCUT2D eigenvalue weighted by Crippen LogP contribution is -2.21. The topological polar surface area (TPSA) is 68.7 Å². The maximum Gasteiger partial charge on any atom is 0.307 e. The number of benzene rings is 2. The Kier molecular flexibility index (Phi) is 6.22. The predicted molar refractivity (Wildman–Crippen MR) is 138 cm³/mol. The Balaban J connectivity index is 1.41. The van der Waals surface area contributed by atoms with Gasteiger partial charge >= 0.3 is 5.97 Å². The monoisotopic (exact) mass is 491 g/mol. The average molecular weight is 492 g/mol. The zero-order chi connectivity index (χ0) is 24.8. The molecule has 1 fully saturated rings. The van der Waals surface area contributed by atoms with Crippen molar-refractivity contribution in [2.45, 2.75) is 64.6 Å². The summed E-state index contributed by atoms with van der Waals surface area (Å²) in [6.07, 6.45) is 5.59. The highest BCUT2D eigenvalue weighted by molar-refractivity contribution is 7.13. The largest absolute Gasteiger partial charge is 0.489 e. The van der Waals surface area contributed by atoms with Gasteiger partial charge in [-0.05, 0) is 77.1 Å². The molecule has 1 spiro atoms. The molecule has 1 aromatic heterocycles. The Hall–Kier alpha value is -2.70. The molecular weight excluding hydrogens is 458 g/mol. The van der Waals surface area contributed by atoms with Crippen molar-refractivity contribution in [3.63, 3.8) is 0 Å². The van der Waals surface area contributed by atoms with Crippen molar-refractivity contribution in [3.05, 3.63) is 70.4 Å². The standard InChI is InChI=1S/C29H33NO4S/c1-28(2,3)26(33-4)22-12-18(7-10-21(22)25-15-30-17-35-25)16-34-20-9-8-19-6-5-11-29(23(19)13-20)14-24(29)27(31)32/h7-10,12-13,15,17,24,26H,5-6,11,14,16H2,1-4H3,(H,31,32)/t24-,26+,29-/m0/s1. The summed E-state index contributed by atoms with van der Waals surface area (Å²) >= 11 is 1.63. The number of aryl methyl sites for hydroxylation is 1. The van der Waals surface area contributed by atoms with Crippen molar-refractivity contribution >= 4 is 17.3 Å². The SMILES string of the molecule is CO[C@H](c1cc(COc2ccc3c(c2)[C@]2(CCC3)C[C@H]2C(=O)O)ccc1-c1cncs1)C(C)(C)C. The van der Waals surface area contributed by atoms with Crippen LogP contribution in [0.4, 0.5) is 0 Å². The number of nitrogens with zero attached hydrogens (tertiary/aromatic N) is 1. The van der Waals surface area contributed by atoms with Gasteiger partial charge in [-0.3, -0.25) is 9.78 Å². The number of aromatic nitrogens is 1. The van der Waals surface area contributed by atoms with Gasteiger partial charge in [0.1, 0.15) is 12.4 Å². The van der Waals surface area contributed by atoms with E-state index >= 15 is 0 Å². The zero-order valence-electron chi connectivity index (χ0n) is 20.8. The first-order valence-electron chi connectivity index (χ1n) is 12.3. The van der Waals surface area contributed by atoms with Gasteiger partial charge in [0.15, 0.2) is 0 Å². The number of carboxylic acids is 1. The smallest absolute Gasteiger partial charge is 0.307 e. The zero-order valence-corrected chi connectivity index (χ0v) is 21.7. The normalized spacial score (nSPS) is 22.0. The van der Waals surface area contributed by atoms with E-state index in [0.717, 1.165) is 53.0 Å². The van der Waals surface area contributed by atoms with E-state index in [9.17, 15) is 9.90 Å². The van der Waals surface area contributed by atoms with Crippen molar-refractivity contribution in [1.82, 2.24) is 4.98 Å². The van der Waals surface area contributed by atoms with E-state index in [1.54, 1.807) is 18.4 Å². The van der Waals surface area contributed by atoms with Gasteiger partial charge < -0.3 is 14.6 Å². The highest BCUT2D eigenvalue weighted by atomic mass is 32.1. The summed E-state index contributed by atoms with van der Waals surface area (Å²) in [5, 5.41) is 9.61. The van der Waals surface area contributed by atoms with Gasteiger partial charge in [-0.2, -0.15) is 0 Å². The van der Waals surface area contributed by atoms with Gasteiger partial charge in [0, 0.05) is 18.7 Å². The number of ether oxygens (including phenoxy) is 2. The fraction of sp³-hybridized carbons (Fsp3) is 0.448. The number of carboxylic acid groups (broad SMARTS) is 1. The molecule has 3 aromatic rings. The molecule has 3 atom stereocenters. The lowest BCUT2D eigenvalue weighted by Gasteiger charge is -2.31. The van der Waals surface area contributed by atoms with Gasteiger partial charge in [0.05, 0.1) is 22.4 Å². The first-order valence-corrected chi connectivity index (χ1v) is 13.1. The summed E-state index contributed by atoms with van der Waals surface area (Å²) in [4.78, 5) is 17.1. The molecule has 184 valence electrons. The Morgan fingerprint density at radius 1 is 1.26 bits per heavy atom. The third-order valence-electron chi connectivity index (χ3n) is 7.58. The van der Waals surface area contributed by atoms with Crippen LogP contribution in [-0.2, 0) is 28.0 Å². The van der Waals surface area contributed by atoms with Crippen LogP contribution in [-0.4, -0.2) is 23.2 Å². The van der Waals surface area contributed by atoms with Gasteiger partial charge in [0.25, 0.3) is 0 Å². The van der Waals surface area contributed by atoms with Crippen molar-refractivity contribution in [1.29, 1.82) is 0 Å². The first-order chi connectivity index (χ1) is 16.7. The third kappa shape index (κ3) is 4.50. The first kappa shape index (κ1) is 24.0. The quantitative estimate of drug-likeness (QED) is 0.394. The molecule has 1 heterocycles. The molecule has 5 nitrogen and oxygen atoms in total. The molecule has 35 heavy (non-hydrogen) atoms. The molecule has 2 aliphatic carbocycles. The van der Waals surface area contributed by atoms with E-state index in [4.69, 9.17) is 9.47 Å².